The van der Waals surface area contributed by atoms with Crippen LogP contribution in [0.1, 0.15) is 41.2 Å². The van der Waals surface area contributed by atoms with Crippen molar-refractivity contribution in [1.82, 2.24) is 0 Å². The van der Waals surface area contributed by atoms with E-state index in [-0.39, 0.29) is 0 Å². The van der Waals surface area contributed by atoms with Crippen molar-refractivity contribution in [2.24, 2.45) is 4.99 Å². The topological polar surface area (TPSA) is 30.8 Å². The Balaban J connectivity index is 1.48. The number of rotatable bonds is 7. The number of aliphatic imine (C=N–C) groups is 1. The van der Waals surface area contributed by atoms with Gasteiger partial charge in [0.2, 0.25) is 0 Å². The van der Waals surface area contributed by atoms with Crippen LogP contribution < -0.4 is 9.47 Å². The minimum absolute atomic E-state index is 0.515. The van der Waals surface area contributed by atoms with Gasteiger partial charge in [0.15, 0.2) is 0 Å². The first kappa shape index (κ1) is 20.0. The predicted molar refractivity (Wildman–Crippen MR) is 124 cm³/mol. The lowest BCUT2D eigenvalue weighted by Gasteiger charge is -2.10. The normalized spacial score (nSPS) is 12.3. The van der Waals surface area contributed by atoms with Crippen molar-refractivity contribution in [3.05, 3.63) is 95.1 Å². The van der Waals surface area contributed by atoms with E-state index in [0.717, 1.165) is 41.3 Å². The maximum Gasteiger partial charge on any atom is 0.121 e. The summed E-state index contributed by atoms with van der Waals surface area (Å²) in [5.74, 6) is 1.68. The van der Waals surface area contributed by atoms with E-state index >= 15 is 0 Å². The molecule has 0 saturated heterocycles. The second kappa shape index (κ2) is 8.58. The maximum absolute atomic E-state index is 5.99. The van der Waals surface area contributed by atoms with Gasteiger partial charge in [-0.3, -0.25) is 4.99 Å². The maximum atomic E-state index is 5.99. The van der Waals surface area contributed by atoms with E-state index in [4.69, 9.17) is 14.5 Å². The van der Waals surface area contributed by atoms with Crippen LogP contribution in [0.5, 0.6) is 11.5 Å². The molecule has 3 heteroatoms. The van der Waals surface area contributed by atoms with E-state index in [1.165, 1.54) is 27.8 Å². The summed E-state index contributed by atoms with van der Waals surface area (Å²) in [6.07, 6.45) is 1.81. The number of allylic oxidation sites excluding steroid dienone is 1. The summed E-state index contributed by atoms with van der Waals surface area (Å²) in [7, 11) is 1.67. The number of methoxy groups -OCH3 is 1. The van der Waals surface area contributed by atoms with Gasteiger partial charge in [0.25, 0.3) is 0 Å². The Hall–Kier alpha value is -3.33. The van der Waals surface area contributed by atoms with Crippen LogP contribution in [0.2, 0.25) is 0 Å². The van der Waals surface area contributed by atoms with Gasteiger partial charge in [-0.25, -0.2) is 0 Å². The zero-order valence-electron chi connectivity index (χ0n) is 17.9. The van der Waals surface area contributed by atoms with Gasteiger partial charge in [-0.1, -0.05) is 43.8 Å². The lowest BCUT2D eigenvalue weighted by Crippen LogP contribution is -2.02. The number of aryl methyl sites for hydroxylation is 1. The van der Waals surface area contributed by atoms with Crippen molar-refractivity contribution in [2.75, 3.05) is 7.11 Å². The molecule has 0 spiro atoms. The number of hydrogen-bond donors (Lipinski definition) is 0. The molecule has 30 heavy (non-hydrogen) atoms. The molecule has 3 aromatic carbocycles. The molecule has 0 aromatic heterocycles. The molecule has 0 unspecified atom stereocenters. The molecule has 0 amide bonds. The van der Waals surface area contributed by atoms with Crippen LogP contribution >= 0.6 is 0 Å². The van der Waals surface area contributed by atoms with Gasteiger partial charge in [0.05, 0.1) is 18.5 Å². The van der Waals surface area contributed by atoms with Crippen molar-refractivity contribution in [2.45, 2.75) is 33.3 Å². The fourth-order valence-corrected chi connectivity index (χ4v) is 3.74. The van der Waals surface area contributed by atoms with Crippen molar-refractivity contribution in [3.8, 4) is 11.5 Å². The third-order valence-corrected chi connectivity index (χ3v) is 5.60. The molecule has 0 aliphatic carbocycles. The van der Waals surface area contributed by atoms with Gasteiger partial charge in [-0.2, -0.15) is 0 Å². The summed E-state index contributed by atoms with van der Waals surface area (Å²) in [5.41, 5.74) is 9.29. The summed E-state index contributed by atoms with van der Waals surface area (Å²) < 4.78 is 11.2. The minimum atomic E-state index is 0.515. The molecular weight excluding hydrogens is 370 g/mol. The second-order valence-corrected chi connectivity index (χ2v) is 7.65. The van der Waals surface area contributed by atoms with Crippen LogP contribution in [0.3, 0.4) is 0 Å². The third kappa shape index (κ3) is 4.16. The molecule has 152 valence electrons. The molecule has 0 saturated carbocycles. The van der Waals surface area contributed by atoms with Crippen molar-refractivity contribution < 1.29 is 9.47 Å². The first-order valence-electron chi connectivity index (χ1n) is 10.3. The number of benzene rings is 3. The average molecular weight is 398 g/mol. The Kier molecular flexibility index (Phi) is 5.71. The molecule has 1 aliphatic heterocycles. The highest BCUT2D eigenvalue weighted by Crippen LogP contribution is 2.33. The minimum Gasteiger partial charge on any atom is -0.497 e. The molecule has 0 radical (unpaired) electrons. The molecule has 0 fully saturated rings. The van der Waals surface area contributed by atoms with Gasteiger partial charge in [0.1, 0.15) is 18.1 Å². The fraction of sp³-hybridized carbons (Fsp3) is 0.222. The predicted octanol–water partition coefficient (Wildman–Crippen LogP) is 6.68. The van der Waals surface area contributed by atoms with Crippen LogP contribution in [-0.4, -0.2) is 12.8 Å². The number of fused-ring (bicyclic) bond motifs is 1. The highest BCUT2D eigenvalue weighted by atomic mass is 16.5. The number of nitrogens with zero attached hydrogens (tertiary/aromatic N) is 1. The molecule has 4 rings (SSSR count). The third-order valence-electron chi connectivity index (χ3n) is 5.60. The summed E-state index contributed by atoms with van der Waals surface area (Å²) in [5, 5.41) is 0. The van der Waals surface area contributed by atoms with Gasteiger partial charge < -0.3 is 9.47 Å². The standard InChI is InChI=1S/C27H27NO2/c1-5-18(2)25-13-9-21(14-19(25)3)26-15-22-8-12-24(16-27(22)28-26)30-17-20-6-10-23(29-4)11-7-20/h6-14,16H,2,5,15,17H2,1,3-4H3. The van der Waals surface area contributed by atoms with Crippen LogP contribution in [0.15, 0.2) is 72.2 Å². The average Bonchev–Trinajstić information content (AvgIpc) is 3.21. The van der Waals surface area contributed by atoms with E-state index in [2.05, 4.69) is 44.7 Å². The largest absolute Gasteiger partial charge is 0.497 e. The van der Waals surface area contributed by atoms with E-state index < -0.39 is 0 Å². The summed E-state index contributed by atoms with van der Waals surface area (Å²) in [4.78, 5) is 4.89. The molecule has 0 N–H and O–H groups in total. The Morgan fingerprint density at radius 2 is 1.77 bits per heavy atom. The van der Waals surface area contributed by atoms with Crippen molar-refractivity contribution in [1.29, 1.82) is 0 Å². The summed E-state index contributed by atoms with van der Waals surface area (Å²) in [6, 6.07) is 20.7. The molecule has 3 nitrogen and oxygen atoms in total. The van der Waals surface area contributed by atoms with Crippen LogP contribution in [-0.2, 0) is 13.0 Å². The van der Waals surface area contributed by atoms with Gasteiger partial charge in [0, 0.05) is 12.5 Å². The lowest BCUT2D eigenvalue weighted by molar-refractivity contribution is 0.306. The highest BCUT2D eigenvalue weighted by molar-refractivity contribution is 6.06. The second-order valence-electron chi connectivity index (χ2n) is 7.65. The fourth-order valence-electron chi connectivity index (χ4n) is 3.74. The van der Waals surface area contributed by atoms with E-state index in [1.807, 2.05) is 36.4 Å². The summed E-state index contributed by atoms with van der Waals surface area (Å²) >= 11 is 0. The monoisotopic (exact) mass is 397 g/mol. The quantitative estimate of drug-likeness (QED) is 0.445. The number of hydrogen-bond acceptors (Lipinski definition) is 3. The smallest absolute Gasteiger partial charge is 0.121 e. The van der Waals surface area contributed by atoms with Gasteiger partial charge >= 0.3 is 0 Å². The Labute approximate surface area is 178 Å². The van der Waals surface area contributed by atoms with E-state index in [1.54, 1.807) is 7.11 Å². The Morgan fingerprint density at radius 1 is 1.00 bits per heavy atom. The highest BCUT2D eigenvalue weighted by Gasteiger charge is 2.17. The zero-order valence-corrected chi connectivity index (χ0v) is 17.9. The van der Waals surface area contributed by atoms with Gasteiger partial charge in [-0.05, 0) is 71.0 Å². The van der Waals surface area contributed by atoms with E-state index in [0.29, 0.717) is 6.61 Å². The molecule has 1 aliphatic rings. The van der Waals surface area contributed by atoms with E-state index in [9.17, 15) is 0 Å². The molecule has 0 bridgehead atoms. The molecule has 1 heterocycles. The SMILES string of the molecule is C=C(CC)c1ccc(C2=Nc3cc(OCc4ccc(OC)cc4)ccc3C2)cc1C. The van der Waals surface area contributed by atoms with Crippen LogP contribution in [0.4, 0.5) is 5.69 Å². The van der Waals surface area contributed by atoms with Crippen LogP contribution in [0, 0.1) is 6.92 Å². The summed E-state index contributed by atoms with van der Waals surface area (Å²) in [6.45, 7) is 8.97. The lowest BCUT2D eigenvalue weighted by atomic mass is 9.95. The molecule has 3 aromatic rings. The Morgan fingerprint density at radius 3 is 2.47 bits per heavy atom. The number of ether oxygens (including phenoxy) is 2. The Bertz CT molecular complexity index is 1110. The molecule has 0 atom stereocenters. The molecular formula is C27H27NO2. The van der Waals surface area contributed by atoms with Crippen molar-refractivity contribution >= 4 is 17.0 Å². The van der Waals surface area contributed by atoms with Crippen LogP contribution in [0.25, 0.3) is 5.57 Å². The first-order chi connectivity index (χ1) is 14.6. The zero-order chi connectivity index (χ0) is 21.1. The first-order valence-corrected chi connectivity index (χ1v) is 10.3. The van der Waals surface area contributed by atoms with Gasteiger partial charge in [-0.15, -0.1) is 0 Å². The van der Waals surface area contributed by atoms with Crippen molar-refractivity contribution in [3.63, 3.8) is 0 Å².